The van der Waals surface area contributed by atoms with Crippen LogP contribution < -0.4 is 5.73 Å². The van der Waals surface area contributed by atoms with E-state index in [0.29, 0.717) is 0 Å². The van der Waals surface area contributed by atoms with Crippen LogP contribution in [0.3, 0.4) is 0 Å². The molecule has 0 spiro atoms. The van der Waals surface area contributed by atoms with E-state index in [4.69, 9.17) is 4.66 Å². The number of hydrogen-bond donors (Lipinski definition) is 2. The van der Waals surface area contributed by atoms with Crippen molar-refractivity contribution in [1.29, 1.82) is 0 Å². The molecule has 4 heteroatoms. The number of halogens is 1. The van der Waals surface area contributed by atoms with E-state index < -0.39 is 0 Å². The molecule has 0 rings (SSSR count). The van der Waals surface area contributed by atoms with E-state index in [-0.39, 0.29) is 17.4 Å². The first-order chi connectivity index (χ1) is 2.00. The van der Waals surface area contributed by atoms with Gasteiger partial charge in [-0.3, -0.25) is 4.66 Å². The van der Waals surface area contributed by atoms with Gasteiger partial charge in [-0.15, -0.1) is 0 Å². The summed E-state index contributed by atoms with van der Waals surface area (Å²) in [5.74, 6) is 0. The Balaban J connectivity index is -0.0000000133. The second-order valence-corrected chi connectivity index (χ2v) is 0. The van der Waals surface area contributed by atoms with E-state index in [2.05, 4.69) is 17.6 Å². The molecule has 0 bridgehead atoms. The third-order valence-electron chi connectivity index (χ3n) is 0. The minimum Gasteiger partial charge on any atom is -0.333 e. The fraction of sp³-hybridized carbons (Fsp3) is 1.00. The Morgan fingerprint density at radius 2 is 1.40 bits per heavy atom. The summed E-state index contributed by atoms with van der Waals surface area (Å²) in [4.78, 5) is 0. The first-order valence-electron chi connectivity index (χ1n) is 0.746. The quantitative estimate of drug-likeness (QED) is 0.377. The highest BCUT2D eigenvalue weighted by Crippen LogP contribution is 1.31. The van der Waals surface area contributed by atoms with Crippen LogP contribution >= 0.6 is 11.9 Å². The third-order valence-corrected chi connectivity index (χ3v) is 0. The monoisotopic (exact) mass is 113 g/mol. The first-order valence-corrected chi connectivity index (χ1v) is 1.08. The van der Waals surface area contributed by atoms with Crippen molar-refractivity contribution in [3.8, 4) is 0 Å². The van der Waals surface area contributed by atoms with Gasteiger partial charge < -0.3 is 5.73 Å². The van der Waals surface area contributed by atoms with Crippen LogP contribution in [0.25, 0.3) is 0 Å². The van der Waals surface area contributed by atoms with E-state index in [1.807, 2.05) is 0 Å². The summed E-state index contributed by atoms with van der Waals surface area (Å²) in [7, 11) is 1.50. The van der Waals surface area contributed by atoms with Gasteiger partial charge in [0.05, 0.1) is 11.9 Å². The lowest BCUT2D eigenvalue weighted by Crippen LogP contribution is -1.69. The molecule has 0 unspecified atom stereocenters. The molecule has 0 amide bonds. The predicted octanol–water partition coefficient (Wildman–Crippen LogP) is -1.48. The van der Waals surface area contributed by atoms with Crippen molar-refractivity contribution in [3.63, 3.8) is 0 Å². The molecule has 0 fully saturated rings. The van der Waals surface area contributed by atoms with Crippen LogP contribution in [-0.4, -0.2) is 29.1 Å². The summed E-state index contributed by atoms with van der Waals surface area (Å²) in [6.45, 7) is 0. The standard InChI is InChI=1S/CH5N.Al.ClHO.3H/c1-2;;1-2;;;/h2H2,1H3;;2H;;;. The van der Waals surface area contributed by atoms with Crippen LogP contribution in [0.2, 0.25) is 0 Å². The van der Waals surface area contributed by atoms with Gasteiger partial charge in [-0.2, -0.15) is 0 Å². The Labute approximate surface area is 47.2 Å². The van der Waals surface area contributed by atoms with E-state index >= 15 is 0 Å². The van der Waals surface area contributed by atoms with Crippen molar-refractivity contribution in [1.82, 2.24) is 0 Å². The summed E-state index contributed by atoms with van der Waals surface area (Å²) in [6.07, 6.45) is 0. The highest BCUT2D eigenvalue weighted by atomic mass is 35.5. The summed E-state index contributed by atoms with van der Waals surface area (Å²) in [6, 6.07) is 0. The molecule has 3 N–H and O–H groups in total. The van der Waals surface area contributed by atoms with Gasteiger partial charge in [0.2, 0.25) is 0 Å². The Kier molecular flexibility index (Phi) is 414. The lowest BCUT2D eigenvalue weighted by molar-refractivity contribution is 0.632. The van der Waals surface area contributed by atoms with Gasteiger partial charge >= 0.3 is 0 Å². The van der Waals surface area contributed by atoms with E-state index in [1.165, 1.54) is 7.05 Å². The van der Waals surface area contributed by atoms with Gasteiger partial charge in [-0.05, 0) is 7.05 Å². The zero-order valence-electron chi connectivity index (χ0n) is 2.40. The normalized spacial score (nSPS) is 2.40. The van der Waals surface area contributed by atoms with E-state index in [9.17, 15) is 0 Å². The van der Waals surface area contributed by atoms with E-state index in [1.54, 1.807) is 0 Å². The average molecular weight is 114 g/mol. The molecule has 0 aliphatic carbocycles. The Morgan fingerprint density at radius 3 is 1.40 bits per heavy atom. The van der Waals surface area contributed by atoms with Crippen LogP contribution in [0.5, 0.6) is 0 Å². The number of hydrogen-bond acceptors (Lipinski definition) is 2. The topological polar surface area (TPSA) is 46.2 Å². The largest absolute Gasteiger partial charge is 0.333 e. The molecule has 0 saturated heterocycles. The highest BCUT2D eigenvalue weighted by Gasteiger charge is 0.897. The second kappa shape index (κ2) is 120. The van der Waals surface area contributed by atoms with Crippen LogP contribution in [0, 0.1) is 0 Å². The highest BCUT2D eigenvalue weighted by molar-refractivity contribution is 6.04. The molecular formula is CH9AlClNO. The fourth-order valence-electron chi connectivity index (χ4n) is 0. The molecule has 0 aromatic carbocycles. The van der Waals surface area contributed by atoms with Crippen molar-refractivity contribution in [3.05, 3.63) is 0 Å². The summed E-state index contributed by atoms with van der Waals surface area (Å²) in [5, 5.41) is 0. The van der Waals surface area contributed by atoms with Crippen LogP contribution in [0.1, 0.15) is 0 Å². The SMILES string of the molecule is CN.OCl.[AlH3]. The average Bonchev–Trinajstić information content (AvgIpc) is 1.50. The summed E-state index contributed by atoms with van der Waals surface area (Å²) >= 11 is 3.64. The minimum atomic E-state index is 0. The van der Waals surface area contributed by atoms with E-state index in [0.717, 1.165) is 0 Å². The number of nitrogens with two attached hydrogens (primary N) is 1. The maximum atomic E-state index is 6.47. The van der Waals surface area contributed by atoms with Gasteiger partial charge in [0.1, 0.15) is 0 Å². The second-order valence-electron chi connectivity index (χ2n) is 0. The van der Waals surface area contributed by atoms with Crippen LogP contribution in [-0.2, 0) is 0 Å². The van der Waals surface area contributed by atoms with Gasteiger partial charge in [-0.1, -0.05) is 0 Å². The Hall–Kier alpha value is 0.742. The lowest BCUT2D eigenvalue weighted by atomic mass is 11.6. The molecule has 0 saturated carbocycles. The first kappa shape index (κ1) is 17.2. The van der Waals surface area contributed by atoms with Crippen LogP contribution in [0.15, 0.2) is 0 Å². The molecule has 0 aliphatic heterocycles. The summed E-state index contributed by atoms with van der Waals surface area (Å²) in [5.41, 5.74) is 4.50. The maximum Gasteiger partial charge on any atom is 0.187 e. The van der Waals surface area contributed by atoms with Crippen molar-refractivity contribution in [2.45, 2.75) is 0 Å². The predicted molar refractivity (Wildman–Crippen MR) is 28.1 cm³/mol. The van der Waals surface area contributed by atoms with Gasteiger partial charge in [0.15, 0.2) is 17.4 Å². The molecule has 0 radical (unpaired) electrons. The minimum absolute atomic E-state index is 0. The zero-order valence-corrected chi connectivity index (χ0v) is 3.16. The Bertz CT molecular complexity index is 11.6. The molecule has 0 aromatic heterocycles. The van der Waals surface area contributed by atoms with Crippen molar-refractivity contribution >= 4 is 29.2 Å². The third kappa shape index (κ3) is 64.7. The van der Waals surface area contributed by atoms with Gasteiger partial charge in [0.25, 0.3) is 0 Å². The molecule has 0 heterocycles. The fourth-order valence-corrected chi connectivity index (χ4v) is 0. The molecular weight excluding hydrogens is 104 g/mol. The van der Waals surface area contributed by atoms with Crippen molar-refractivity contribution < 1.29 is 4.66 Å². The van der Waals surface area contributed by atoms with Gasteiger partial charge in [-0.25, -0.2) is 0 Å². The maximum absolute atomic E-state index is 6.47. The van der Waals surface area contributed by atoms with Crippen molar-refractivity contribution in [2.75, 3.05) is 7.05 Å². The summed E-state index contributed by atoms with van der Waals surface area (Å²) < 4.78 is 6.47. The van der Waals surface area contributed by atoms with Crippen LogP contribution in [0.4, 0.5) is 0 Å². The lowest BCUT2D eigenvalue weighted by Gasteiger charge is -1.19. The molecule has 0 aliphatic rings. The zero-order chi connectivity index (χ0) is 4.00. The molecule has 5 heavy (non-hydrogen) atoms. The Morgan fingerprint density at radius 1 is 1.40 bits per heavy atom. The smallest absolute Gasteiger partial charge is 0.187 e. The van der Waals surface area contributed by atoms with Gasteiger partial charge in [0, 0.05) is 0 Å². The molecule has 0 aromatic rings. The molecule has 2 nitrogen and oxygen atoms in total. The molecule has 0 atom stereocenters. The number of rotatable bonds is 0. The van der Waals surface area contributed by atoms with Crippen molar-refractivity contribution in [2.24, 2.45) is 5.73 Å². The molecule has 34 valence electrons.